The molecule has 1 fully saturated rings. The van der Waals surface area contributed by atoms with Gasteiger partial charge < -0.3 is 9.80 Å². The van der Waals surface area contributed by atoms with Gasteiger partial charge in [0.1, 0.15) is 0 Å². The van der Waals surface area contributed by atoms with Crippen molar-refractivity contribution in [3.63, 3.8) is 0 Å². The molecule has 0 bridgehead atoms. The molecule has 0 spiro atoms. The van der Waals surface area contributed by atoms with Crippen molar-refractivity contribution in [2.24, 2.45) is 0 Å². The summed E-state index contributed by atoms with van der Waals surface area (Å²) >= 11 is 0. The van der Waals surface area contributed by atoms with Gasteiger partial charge in [-0.25, -0.2) is 9.97 Å². The molecule has 2 amide bonds. The molecule has 0 unspecified atom stereocenters. The molecular formula is C17H17N5O2. The van der Waals surface area contributed by atoms with Gasteiger partial charge >= 0.3 is 0 Å². The number of para-hydroxylation sites is 1. The molecule has 4 rings (SSSR count). The Kier molecular flexibility index (Phi) is 3.50. The van der Waals surface area contributed by atoms with E-state index < -0.39 is 11.8 Å². The zero-order valence-electron chi connectivity index (χ0n) is 13.3. The minimum atomic E-state index is -0.409. The maximum absolute atomic E-state index is 12.1. The van der Waals surface area contributed by atoms with Gasteiger partial charge in [-0.3, -0.25) is 14.9 Å². The smallest absolute Gasteiger partial charge is 0.260 e. The quantitative estimate of drug-likeness (QED) is 0.807. The molecule has 122 valence electrons. The lowest BCUT2D eigenvalue weighted by molar-refractivity contribution is -0.123. The lowest BCUT2D eigenvalue weighted by Gasteiger charge is -2.32. The molecule has 0 aliphatic carbocycles. The summed E-state index contributed by atoms with van der Waals surface area (Å²) in [7, 11) is 2.09. The maximum Gasteiger partial charge on any atom is 0.260 e. The first-order chi connectivity index (χ1) is 11.6. The molecule has 1 aromatic heterocycles. The predicted octanol–water partition coefficient (Wildman–Crippen LogP) is 0.421. The molecule has 7 nitrogen and oxygen atoms in total. The fraction of sp³-hybridized carbons (Fsp3) is 0.294. The molecule has 2 aliphatic rings. The molecule has 7 heteroatoms. The maximum atomic E-state index is 12.1. The zero-order valence-corrected chi connectivity index (χ0v) is 13.3. The number of piperazine rings is 1. The van der Waals surface area contributed by atoms with Gasteiger partial charge in [0.2, 0.25) is 5.95 Å². The van der Waals surface area contributed by atoms with E-state index in [4.69, 9.17) is 0 Å². The van der Waals surface area contributed by atoms with Crippen LogP contribution in [0.1, 0.15) is 5.69 Å². The molecule has 1 N–H and O–H groups in total. The highest BCUT2D eigenvalue weighted by molar-refractivity contribution is 6.34. The number of nitrogens with zero attached hydrogens (tertiary/aromatic N) is 4. The Morgan fingerprint density at radius 1 is 1.04 bits per heavy atom. The number of carbonyl (C=O) groups is 2. The SMILES string of the molecule is CN1CCN(c2nc(C3=CC(=O)NC3=O)c3ccccc3n2)CC1. The first-order valence-corrected chi connectivity index (χ1v) is 7.89. The van der Waals surface area contributed by atoms with E-state index >= 15 is 0 Å². The number of likely N-dealkylation sites (N-methyl/N-ethyl adjacent to an activating group) is 1. The lowest BCUT2D eigenvalue weighted by atomic mass is 10.1. The van der Waals surface area contributed by atoms with Crippen molar-refractivity contribution in [2.75, 3.05) is 38.1 Å². The Bertz CT molecular complexity index is 868. The summed E-state index contributed by atoms with van der Waals surface area (Å²) in [6, 6.07) is 7.55. The summed E-state index contributed by atoms with van der Waals surface area (Å²) in [5.74, 6) is -0.211. The van der Waals surface area contributed by atoms with E-state index in [0.717, 1.165) is 37.1 Å². The molecular weight excluding hydrogens is 306 g/mol. The van der Waals surface area contributed by atoms with Crippen LogP contribution < -0.4 is 10.2 Å². The van der Waals surface area contributed by atoms with E-state index in [1.165, 1.54) is 6.08 Å². The van der Waals surface area contributed by atoms with E-state index in [0.29, 0.717) is 17.2 Å². The number of rotatable bonds is 2. The number of hydrogen-bond acceptors (Lipinski definition) is 6. The van der Waals surface area contributed by atoms with Gasteiger partial charge in [-0.15, -0.1) is 0 Å². The Morgan fingerprint density at radius 3 is 2.50 bits per heavy atom. The summed E-state index contributed by atoms with van der Waals surface area (Å²) in [4.78, 5) is 37.3. The van der Waals surface area contributed by atoms with Gasteiger partial charge in [0.05, 0.1) is 16.8 Å². The molecule has 24 heavy (non-hydrogen) atoms. The molecule has 2 aliphatic heterocycles. The summed E-state index contributed by atoms with van der Waals surface area (Å²) in [6.07, 6.45) is 1.31. The number of imide groups is 1. The van der Waals surface area contributed by atoms with Gasteiger partial charge in [-0.1, -0.05) is 18.2 Å². The van der Waals surface area contributed by atoms with Crippen molar-refractivity contribution < 1.29 is 9.59 Å². The van der Waals surface area contributed by atoms with Crippen molar-refractivity contribution in [3.8, 4) is 0 Å². The predicted molar refractivity (Wildman–Crippen MR) is 90.4 cm³/mol. The highest BCUT2D eigenvalue weighted by atomic mass is 16.2. The van der Waals surface area contributed by atoms with Gasteiger partial charge in [0.25, 0.3) is 11.8 Å². The third-order valence-corrected chi connectivity index (χ3v) is 4.39. The first-order valence-electron chi connectivity index (χ1n) is 7.89. The molecule has 0 atom stereocenters. The highest BCUT2D eigenvalue weighted by Crippen LogP contribution is 2.27. The largest absolute Gasteiger partial charge is 0.338 e. The Labute approximate surface area is 139 Å². The second-order valence-electron chi connectivity index (χ2n) is 6.06. The second-order valence-corrected chi connectivity index (χ2v) is 6.06. The number of aromatic nitrogens is 2. The highest BCUT2D eigenvalue weighted by Gasteiger charge is 2.27. The van der Waals surface area contributed by atoms with Crippen LogP contribution in [-0.4, -0.2) is 59.9 Å². The summed E-state index contributed by atoms with van der Waals surface area (Å²) in [5.41, 5.74) is 1.58. The number of carbonyl (C=O) groups excluding carboxylic acids is 2. The average Bonchev–Trinajstić information content (AvgIpc) is 2.93. The van der Waals surface area contributed by atoms with Crippen LogP contribution in [0.15, 0.2) is 30.3 Å². The van der Waals surface area contributed by atoms with Crippen molar-refractivity contribution >= 4 is 34.2 Å². The van der Waals surface area contributed by atoms with Crippen LogP contribution in [0.2, 0.25) is 0 Å². The minimum absolute atomic E-state index is 0.300. The molecule has 0 saturated carbocycles. The van der Waals surface area contributed by atoms with Gasteiger partial charge in [0.15, 0.2) is 0 Å². The lowest BCUT2D eigenvalue weighted by Crippen LogP contribution is -2.45. The average molecular weight is 323 g/mol. The van der Waals surface area contributed by atoms with E-state index in [-0.39, 0.29) is 0 Å². The van der Waals surface area contributed by atoms with Crippen LogP contribution in [0.3, 0.4) is 0 Å². The Morgan fingerprint density at radius 2 is 1.79 bits per heavy atom. The van der Waals surface area contributed by atoms with E-state index in [2.05, 4.69) is 32.1 Å². The fourth-order valence-electron chi connectivity index (χ4n) is 3.01. The van der Waals surface area contributed by atoms with Crippen LogP contribution in [0.4, 0.5) is 5.95 Å². The van der Waals surface area contributed by atoms with Crippen molar-refractivity contribution in [2.45, 2.75) is 0 Å². The van der Waals surface area contributed by atoms with Crippen LogP contribution >= 0.6 is 0 Å². The van der Waals surface area contributed by atoms with Gasteiger partial charge in [0, 0.05) is 37.6 Å². The summed E-state index contributed by atoms with van der Waals surface area (Å²) in [5, 5.41) is 3.05. The Hall–Kier alpha value is -2.80. The van der Waals surface area contributed by atoms with Crippen LogP contribution in [-0.2, 0) is 9.59 Å². The third-order valence-electron chi connectivity index (χ3n) is 4.39. The third kappa shape index (κ3) is 2.52. The van der Waals surface area contributed by atoms with E-state index in [9.17, 15) is 9.59 Å². The van der Waals surface area contributed by atoms with E-state index in [1.54, 1.807) is 0 Å². The van der Waals surface area contributed by atoms with Crippen LogP contribution in [0.5, 0.6) is 0 Å². The number of nitrogens with one attached hydrogen (secondary N) is 1. The standard InChI is InChI=1S/C17H17N5O2/c1-21-6-8-22(9-7-21)17-18-13-5-3-2-4-11(13)15(20-17)12-10-14(23)19-16(12)24/h2-5,10H,6-9H2,1H3,(H,19,23,24). The number of benzene rings is 1. The van der Waals surface area contributed by atoms with Crippen LogP contribution in [0.25, 0.3) is 16.5 Å². The normalized spacial score (nSPS) is 18.9. The van der Waals surface area contributed by atoms with E-state index in [1.807, 2.05) is 24.3 Å². The number of hydrogen-bond donors (Lipinski definition) is 1. The van der Waals surface area contributed by atoms with Crippen LogP contribution in [0, 0.1) is 0 Å². The van der Waals surface area contributed by atoms with Gasteiger partial charge in [-0.2, -0.15) is 0 Å². The molecule has 1 aromatic carbocycles. The monoisotopic (exact) mass is 323 g/mol. The summed E-state index contributed by atoms with van der Waals surface area (Å²) in [6.45, 7) is 3.54. The van der Waals surface area contributed by atoms with Crippen molar-refractivity contribution in [3.05, 3.63) is 36.0 Å². The fourth-order valence-corrected chi connectivity index (χ4v) is 3.01. The first kappa shape index (κ1) is 14.8. The second kappa shape index (κ2) is 5.68. The zero-order chi connectivity index (χ0) is 16.7. The minimum Gasteiger partial charge on any atom is -0.338 e. The number of anilines is 1. The number of fused-ring (bicyclic) bond motifs is 1. The molecule has 1 saturated heterocycles. The topological polar surface area (TPSA) is 78.4 Å². The molecule has 2 aromatic rings. The van der Waals surface area contributed by atoms with Gasteiger partial charge in [-0.05, 0) is 13.1 Å². The van der Waals surface area contributed by atoms with Crippen molar-refractivity contribution in [1.29, 1.82) is 0 Å². The molecule has 3 heterocycles. The molecule has 0 radical (unpaired) electrons. The number of amides is 2. The summed E-state index contributed by atoms with van der Waals surface area (Å²) < 4.78 is 0. The van der Waals surface area contributed by atoms with Crippen molar-refractivity contribution in [1.82, 2.24) is 20.2 Å². The Balaban J connectivity index is 1.84.